The number of anilines is 2. The number of carbonyl (C=O) groups is 2. The minimum atomic E-state index is -4.44. The van der Waals surface area contributed by atoms with Crippen LogP contribution in [0.4, 0.5) is 24.7 Å². The van der Waals surface area contributed by atoms with Crippen LogP contribution in [-0.2, 0) is 15.8 Å². The highest BCUT2D eigenvalue weighted by Crippen LogP contribution is 2.29. The van der Waals surface area contributed by atoms with Gasteiger partial charge in [-0.1, -0.05) is 6.07 Å². The first-order chi connectivity index (χ1) is 15.1. The van der Waals surface area contributed by atoms with Crippen LogP contribution in [-0.4, -0.2) is 64.7 Å². The van der Waals surface area contributed by atoms with Crippen molar-refractivity contribution in [3.63, 3.8) is 0 Å². The number of amides is 1. The van der Waals surface area contributed by atoms with E-state index in [1.165, 1.54) is 18.2 Å². The number of hydrogen-bond acceptors (Lipinski definition) is 6. The second-order valence-electron chi connectivity index (χ2n) is 7.53. The quantitative estimate of drug-likeness (QED) is 0.593. The molecule has 1 aliphatic heterocycles. The molecule has 1 aliphatic rings. The summed E-state index contributed by atoms with van der Waals surface area (Å²) in [7, 11) is 0. The highest BCUT2D eigenvalue weighted by atomic mass is 19.4. The highest BCUT2D eigenvalue weighted by Gasteiger charge is 2.31. The van der Waals surface area contributed by atoms with Crippen molar-refractivity contribution < 1.29 is 33.0 Å². The number of benzene rings is 1. The maximum absolute atomic E-state index is 12.7. The van der Waals surface area contributed by atoms with Gasteiger partial charge in [-0.25, -0.2) is 4.98 Å². The van der Waals surface area contributed by atoms with Gasteiger partial charge in [0, 0.05) is 57.1 Å². The van der Waals surface area contributed by atoms with E-state index < -0.39 is 29.5 Å². The van der Waals surface area contributed by atoms with Crippen LogP contribution in [0.1, 0.15) is 12.0 Å². The number of carbonyl (C=O) groups excluding carboxylic acids is 1. The third-order valence-corrected chi connectivity index (χ3v) is 5.16. The van der Waals surface area contributed by atoms with E-state index in [9.17, 15) is 33.0 Å². The van der Waals surface area contributed by atoms with Crippen LogP contribution < -0.4 is 10.2 Å². The molecule has 1 amide bonds. The number of nitrogens with zero attached hydrogens (tertiary/aromatic N) is 3. The predicted octanol–water partition coefficient (Wildman–Crippen LogP) is 2.66. The number of aliphatic carboxylic acids is 1. The minimum Gasteiger partial charge on any atom is -0.508 e. The van der Waals surface area contributed by atoms with Crippen LogP contribution in [0.25, 0.3) is 0 Å². The number of aromatic nitrogens is 1. The molecule has 1 aromatic heterocycles. The number of carboxylic acid groups (broad SMARTS) is 1. The summed E-state index contributed by atoms with van der Waals surface area (Å²) in [5.41, 5.74) is -0.440. The maximum Gasteiger partial charge on any atom is 0.417 e. The highest BCUT2D eigenvalue weighted by molar-refractivity contribution is 5.93. The van der Waals surface area contributed by atoms with E-state index in [1.807, 2.05) is 9.80 Å². The molecule has 11 heteroatoms. The van der Waals surface area contributed by atoms with Crippen molar-refractivity contribution in [3.05, 3.63) is 48.2 Å². The lowest BCUT2D eigenvalue weighted by Gasteiger charge is -2.36. The number of phenols is 1. The Morgan fingerprint density at radius 2 is 1.84 bits per heavy atom. The van der Waals surface area contributed by atoms with Crippen molar-refractivity contribution in [2.24, 2.45) is 5.92 Å². The zero-order valence-corrected chi connectivity index (χ0v) is 17.0. The van der Waals surface area contributed by atoms with Gasteiger partial charge in [0.25, 0.3) is 0 Å². The SMILES string of the molecule is O=C(C[C@H](CN1CCN(c2ccc(C(F)(F)F)cn2)CC1)C(=O)O)Nc1cccc(O)c1. The molecule has 8 nitrogen and oxygen atoms in total. The molecule has 1 saturated heterocycles. The molecule has 0 aliphatic carbocycles. The Bertz CT molecular complexity index is 945. The molecular weight excluding hydrogens is 429 g/mol. The number of pyridine rings is 1. The molecule has 0 spiro atoms. The number of phenolic OH excluding ortho intramolecular Hbond substituents is 1. The molecule has 32 heavy (non-hydrogen) atoms. The number of hydrogen-bond donors (Lipinski definition) is 3. The molecule has 2 heterocycles. The fourth-order valence-corrected chi connectivity index (χ4v) is 3.46. The normalized spacial score (nSPS) is 15.9. The second-order valence-corrected chi connectivity index (χ2v) is 7.53. The van der Waals surface area contributed by atoms with Gasteiger partial charge >= 0.3 is 12.1 Å². The Kier molecular flexibility index (Phi) is 7.18. The number of halogens is 3. The fraction of sp³-hybridized carbons (Fsp3) is 0.381. The average Bonchev–Trinajstić information content (AvgIpc) is 2.73. The summed E-state index contributed by atoms with van der Waals surface area (Å²) < 4.78 is 38.0. The monoisotopic (exact) mass is 452 g/mol. The molecule has 1 fully saturated rings. The topological polar surface area (TPSA) is 106 Å². The maximum atomic E-state index is 12.7. The Morgan fingerprint density at radius 3 is 2.41 bits per heavy atom. The lowest BCUT2D eigenvalue weighted by molar-refractivity contribution is -0.144. The minimum absolute atomic E-state index is 0.0157. The molecule has 1 aromatic carbocycles. The van der Waals surface area contributed by atoms with E-state index >= 15 is 0 Å². The largest absolute Gasteiger partial charge is 0.508 e. The number of nitrogens with one attached hydrogen (secondary N) is 1. The summed E-state index contributed by atoms with van der Waals surface area (Å²) in [5, 5.41) is 21.6. The Labute approximate surface area is 182 Å². The number of carboxylic acids is 1. The fourth-order valence-electron chi connectivity index (χ4n) is 3.46. The van der Waals surface area contributed by atoms with Gasteiger partial charge in [0.2, 0.25) is 5.91 Å². The molecule has 3 rings (SSSR count). The smallest absolute Gasteiger partial charge is 0.417 e. The molecule has 0 saturated carbocycles. The van der Waals surface area contributed by atoms with Crippen LogP contribution in [0.15, 0.2) is 42.6 Å². The van der Waals surface area contributed by atoms with Crippen LogP contribution in [0.3, 0.4) is 0 Å². The van der Waals surface area contributed by atoms with E-state index in [0.29, 0.717) is 37.7 Å². The van der Waals surface area contributed by atoms with Crippen molar-refractivity contribution >= 4 is 23.4 Å². The van der Waals surface area contributed by atoms with Crippen LogP contribution in [0, 0.1) is 5.92 Å². The molecule has 0 unspecified atom stereocenters. The van der Waals surface area contributed by atoms with Crippen molar-refractivity contribution in [2.45, 2.75) is 12.6 Å². The summed E-state index contributed by atoms with van der Waals surface area (Å²) in [6.45, 7) is 2.08. The van der Waals surface area contributed by atoms with Gasteiger partial charge in [-0.15, -0.1) is 0 Å². The third kappa shape index (κ3) is 6.33. The molecule has 1 atom stereocenters. The van der Waals surface area contributed by atoms with Gasteiger partial charge in [-0.2, -0.15) is 13.2 Å². The predicted molar refractivity (Wildman–Crippen MR) is 110 cm³/mol. The van der Waals surface area contributed by atoms with Crippen LogP contribution in [0.2, 0.25) is 0 Å². The first kappa shape index (κ1) is 23.3. The summed E-state index contributed by atoms with van der Waals surface area (Å²) in [5.74, 6) is -2.09. The first-order valence-corrected chi connectivity index (χ1v) is 9.94. The first-order valence-electron chi connectivity index (χ1n) is 9.94. The molecule has 0 bridgehead atoms. The number of aromatic hydroxyl groups is 1. The zero-order chi connectivity index (χ0) is 23.3. The van der Waals surface area contributed by atoms with Crippen molar-refractivity contribution in [1.82, 2.24) is 9.88 Å². The van der Waals surface area contributed by atoms with Gasteiger partial charge in [-0.05, 0) is 24.3 Å². The van der Waals surface area contributed by atoms with Crippen molar-refractivity contribution in [1.29, 1.82) is 0 Å². The van der Waals surface area contributed by atoms with Crippen molar-refractivity contribution in [3.8, 4) is 5.75 Å². The van der Waals surface area contributed by atoms with E-state index in [4.69, 9.17) is 0 Å². The van der Waals surface area contributed by atoms with Gasteiger partial charge in [0.15, 0.2) is 0 Å². The molecular formula is C21H23F3N4O4. The number of piperazine rings is 1. The number of alkyl halides is 3. The molecule has 2 aromatic rings. The lowest BCUT2D eigenvalue weighted by Crippen LogP contribution is -2.49. The van der Waals surface area contributed by atoms with Crippen LogP contribution >= 0.6 is 0 Å². The number of rotatable bonds is 7. The molecule has 172 valence electrons. The molecule has 3 N–H and O–H groups in total. The van der Waals surface area contributed by atoms with Crippen LogP contribution in [0.5, 0.6) is 5.75 Å². The van der Waals surface area contributed by atoms with E-state index in [2.05, 4.69) is 10.3 Å². The standard InChI is InChI=1S/C21H23F3N4O4/c22-21(23,24)15-4-5-18(25-12-15)28-8-6-27(7-9-28)13-14(20(31)32)10-19(30)26-16-2-1-3-17(29)11-16/h1-5,11-12,14,29H,6-10,13H2,(H,26,30)(H,31,32)/t14-/m1/s1. The second kappa shape index (κ2) is 9.86. The summed E-state index contributed by atoms with van der Waals surface area (Å²) in [4.78, 5) is 31.5. The van der Waals surface area contributed by atoms with E-state index in [-0.39, 0.29) is 18.7 Å². The Hall–Kier alpha value is -3.34. The zero-order valence-electron chi connectivity index (χ0n) is 17.0. The van der Waals surface area contributed by atoms with Gasteiger partial charge in [0.05, 0.1) is 11.5 Å². The van der Waals surface area contributed by atoms with Gasteiger partial charge in [-0.3, -0.25) is 14.5 Å². The van der Waals surface area contributed by atoms with E-state index in [0.717, 1.165) is 12.3 Å². The van der Waals surface area contributed by atoms with E-state index in [1.54, 1.807) is 12.1 Å². The molecule has 0 radical (unpaired) electrons. The van der Waals surface area contributed by atoms with Gasteiger partial charge in [0.1, 0.15) is 11.6 Å². The summed E-state index contributed by atoms with van der Waals surface area (Å²) in [6, 6.07) is 8.27. The summed E-state index contributed by atoms with van der Waals surface area (Å²) >= 11 is 0. The van der Waals surface area contributed by atoms with Crippen molar-refractivity contribution in [2.75, 3.05) is 42.9 Å². The lowest BCUT2D eigenvalue weighted by atomic mass is 10.0. The Morgan fingerprint density at radius 1 is 1.12 bits per heavy atom. The average molecular weight is 452 g/mol. The third-order valence-electron chi connectivity index (χ3n) is 5.16. The summed E-state index contributed by atoms with van der Waals surface area (Å²) in [6.07, 6.45) is -3.87. The Balaban J connectivity index is 1.51. The van der Waals surface area contributed by atoms with Gasteiger partial charge < -0.3 is 20.4 Å².